The number of imidazole rings is 1. The number of aryl methyl sites for hydroxylation is 1. The van der Waals surface area contributed by atoms with Crippen molar-refractivity contribution in [3.8, 4) is 0 Å². The van der Waals surface area contributed by atoms with E-state index in [-0.39, 0.29) is 0 Å². The van der Waals surface area contributed by atoms with Crippen molar-refractivity contribution in [2.24, 2.45) is 7.05 Å². The number of rotatable bonds is 5. The minimum absolute atomic E-state index is 0.727. The lowest BCUT2D eigenvalue weighted by Crippen LogP contribution is -2.21. The van der Waals surface area contributed by atoms with E-state index in [9.17, 15) is 0 Å². The van der Waals surface area contributed by atoms with Crippen LogP contribution in [0.3, 0.4) is 0 Å². The van der Waals surface area contributed by atoms with E-state index < -0.39 is 0 Å². The van der Waals surface area contributed by atoms with Crippen LogP contribution in [-0.2, 0) is 13.6 Å². The molecule has 0 aliphatic heterocycles. The maximum atomic E-state index is 5.61. The van der Waals surface area contributed by atoms with Gasteiger partial charge >= 0.3 is 0 Å². The summed E-state index contributed by atoms with van der Waals surface area (Å²) in [5, 5.41) is 0. The quantitative estimate of drug-likeness (QED) is 0.673. The number of aromatic nitrogens is 2. The SMILES string of the molecule is CN(CCCCl)Cc1nccn1C. The molecule has 0 atom stereocenters. The van der Waals surface area contributed by atoms with Crippen LogP contribution in [0.5, 0.6) is 0 Å². The minimum atomic E-state index is 0.727. The average molecular weight is 202 g/mol. The first-order valence-electron chi connectivity index (χ1n) is 4.44. The van der Waals surface area contributed by atoms with Crippen LogP contribution < -0.4 is 0 Å². The Morgan fingerprint density at radius 1 is 1.62 bits per heavy atom. The molecule has 0 saturated carbocycles. The second-order valence-electron chi connectivity index (χ2n) is 3.23. The summed E-state index contributed by atoms with van der Waals surface area (Å²) in [5.41, 5.74) is 0. The van der Waals surface area contributed by atoms with Crippen molar-refractivity contribution < 1.29 is 0 Å². The fourth-order valence-corrected chi connectivity index (χ4v) is 1.32. The summed E-state index contributed by atoms with van der Waals surface area (Å²) < 4.78 is 2.04. The molecule has 0 N–H and O–H groups in total. The topological polar surface area (TPSA) is 21.1 Å². The lowest BCUT2D eigenvalue weighted by atomic mass is 10.4. The lowest BCUT2D eigenvalue weighted by Gasteiger charge is -2.15. The van der Waals surface area contributed by atoms with Crippen LogP contribution in [0.15, 0.2) is 12.4 Å². The first kappa shape index (κ1) is 10.5. The van der Waals surface area contributed by atoms with Gasteiger partial charge in [0, 0.05) is 25.3 Å². The summed E-state index contributed by atoms with van der Waals surface area (Å²) in [6.07, 6.45) is 4.82. The van der Waals surface area contributed by atoms with Gasteiger partial charge in [0.15, 0.2) is 0 Å². The first-order valence-corrected chi connectivity index (χ1v) is 4.98. The van der Waals surface area contributed by atoms with Crippen molar-refractivity contribution in [3.05, 3.63) is 18.2 Å². The third-order valence-corrected chi connectivity index (χ3v) is 2.27. The number of halogens is 1. The van der Waals surface area contributed by atoms with Crippen molar-refractivity contribution in [2.45, 2.75) is 13.0 Å². The molecule has 0 fully saturated rings. The molecule has 0 amide bonds. The fraction of sp³-hybridized carbons (Fsp3) is 0.667. The Kier molecular flexibility index (Phi) is 4.25. The summed E-state index contributed by atoms with van der Waals surface area (Å²) >= 11 is 5.61. The largest absolute Gasteiger partial charge is 0.337 e. The third-order valence-electron chi connectivity index (χ3n) is 2.01. The van der Waals surface area contributed by atoms with Crippen LogP contribution >= 0.6 is 11.6 Å². The van der Waals surface area contributed by atoms with Gasteiger partial charge in [-0.3, -0.25) is 4.90 Å². The van der Waals surface area contributed by atoms with Gasteiger partial charge in [-0.15, -0.1) is 11.6 Å². The van der Waals surface area contributed by atoms with Crippen LogP contribution in [-0.4, -0.2) is 33.9 Å². The van der Waals surface area contributed by atoms with Crippen molar-refractivity contribution in [1.82, 2.24) is 14.5 Å². The van der Waals surface area contributed by atoms with Gasteiger partial charge in [-0.25, -0.2) is 4.98 Å². The molecule has 1 aromatic rings. The normalized spacial score (nSPS) is 11.1. The molecule has 0 unspecified atom stereocenters. The molecule has 0 aliphatic rings. The summed E-state index contributed by atoms with van der Waals surface area (Å²) in [5.74, 6) is 1.82. The predicted molar refractivity (Wildman–Crippen MR) is 54.9 cm³/mol. The predicted octanol–water partition coefficient (Wildman–Crippen LogP) is 1.48. The number of alkyl halides is 1. The fourth-order valence-electron chi connectivity index (χ4n) is 1.20. The Morgan fingerprint density at radius 3 is 2.92 bits per heavy atom. The second-order valence-corrected chi connectivity index (χ2v) is 3.61. The molecular formula is C9H16ClN3. The van der Waals surface area contributed by atoms with Gasteiger partial charge in [0.05, 0.1) is 6.54 Å². The highest BCUT2D eigenvalue weighted by atomic mass is 35.5. The molecule has 1 aromatic heterocycles. The van der Waals surface area contributed by atoms with Crippen LogP contribution in [0.1, 0.15) is 12.2 Å². The molecule has 3 nitrogen and oxygen atoms in total. The molecular weight excluding hydrogens is 186 g/mol. The van der Waals surface area contributed by atoms with Gasteiger partial charge in [-0.1, -0.05) is 0 Å². The summed E-state index contributed by atoms with van der Waals surface area (Å²) in [6, 6.07) is 0. The van der Waals surface area contributed by atoms with E-state index in [0.717, 1.165) is 31.2 Å². The Balaban J connectivity index is 2.36. The molecule has 74 valence electrons. The van der Waals surface area contributed by atoms with Crippen LogP contribution in [0.4, 0.5) is 0 Å². The number of nitrogens with zero attached hydrogens (tertiary/aromatic N) is 3. The van der Waals surface area contributed by atoms with Crippen LogP contribution in [0, 0.1) is 0 Å². The van der Waals surface area contributed by atoms with Gasteiger partial charge in [-0.2, -0.15) is 0 Å². The molecule has 13 heavy (non-hydrogen) atoms. The summed E-state index contributed by atoms with van der Waals surface area (Å²) in [4.78, 5) is 6.48. The van der Waals surface area contributed by atoms with E-state index in [1.807, 2.05) is 24.0 Å². The van der Waals surface area contributed by atoms with E-state index in [0.29, 0.717) is 0 Å². The highest BCUT2D eigenvalue weighted by molar-refractivity contribution is 6.17. The van der Waals surface area contributed by atoms with Gasteiger partial charge in [0.25, 0.3) is 0 Å². The molecule has 0 aromatic carbocycles. The van der Waals surface area contributed by atoms with Crippen molar-refractivity contribution in [3.63, 3.8) is 0 Å². The summed E-state index contributed by atoms with van der Waals surface area (Å²) in [6.45, 7) is 1.91. The maximum Gasteiger partial charge on any atom is 0.122 e. The zero-order valence-corrected chi connectivity index (χ0v) is 8.96. The van der Waals surface area contributed by atoms with Crippen molar-refractivity contribution >= 4 is 11.6 Å². The Bertz CT molecular complexity index is 247. The lowest BCUT2D eigenvalue weighted by molar-refractivity contribution is 0.316. The second kappa shape index (κ2) is 5.25. The zero-order valence-electron chi connectivity index (χ0n) is 8.20. The highest BCUT2D eigenvalue weighted by Gasteiger charge is 2.03. The molecule has 0 spiro atoms. The van der Waals surface area contributed by atoms with Crippen LogP contribution in [0.25, 0.3) is 0 Å². The maximum absolute atomic E-state index is 5.61. The number of hydrogen-bond donors (Lipinski definition) is 0. The van der Waals surface area contributed by atoms with Gasteiger partial charge in [0.2, 0.25) is 0 Å². The van der Waals surface area contributed by atoms with E-state index in [1.54, 1.807) is 0 Å². The minimum Gasteiger partial charge on any atom is -0.337 e. The molecule has 1 heterocycles. The van der Waals surface area contributed by atoms with E-state index in [2.05, 4.69) is 16.9 Å². The molecule has 0 aliphatic carbocycles. The van der Waals surface area contributed by atoms with E-state index in [1.165, 1.54) is 0 Å². The smallest absolute Gasteiger partial charge is 0.122 e. The Labute approximate surface area is 84.3 Å². The summed E-state index contributed by atoms with van der Waals surface area (Å²) in [7, 11) is 4.10. The van der Waals surface area contributed by atoms with Crippen molar-refractivity contribution in [2.75, 3.05) is 19.5 Å². The monoisotopic (exact) mass is 201 g/mol. The first-order chi connectivity index (χ1) is 6.24. The number of hydrogen-bond acceptors (Lipinski definition) is 2. The van der Waals surface area contributed by atoms with Gasteiger partial charge < -0.3 is 4.57 Å². The van der Waals surface area contributed by atoms with Crippen molar-refractivity contribution in [1.29, 1.82) is 0 Å². The van der Waals surface area contributed by atoms with Gasteiger partial charge in [-0.05, 0) is 20.0 Å². The molecule has 0 saturated heterocycles. The van der Waals surface area contributed by atoms with Crippen LogP contribution in [0.2, 0.25) is 0 Å². The highest BCUT2D eigenvalue weighted by Crippen LogP contribution is 2.00. The zero-order chi connectivity index (χ0) is 9.68. The molecule has 4 heteroatoms. The molecule has 0 radical (unpaired) electrons. The molecule has 1 rings (SSSR count). The average Bonchev–Trinajstić information content (AvgIpc) is 2.48. The standard InChI is InChI=1S/C9H16ClN3/c1-12(6-3-4-10)8-9-11-5-7-13(9)2/h5,7H,3-4,6,8H2,1-2H3. The van der Waals surface area contributed by atoms with E-state index >= 15 is 0 Å². The Hall–Kier alpha value is -0.540. The van der Waals surface area contributed by atoms with E-state index in [4.69, 9.17) is 11.6 Å². The molecule has 0 bridgehead atoms. The third kappa shape index (κ3) is 3.36. The van der Waals surface area contributed by atoms with Gasteiger partial charge in [0.1, 0.15) is 5.82 Å². The Morgan fingerprint density at radius 2 is 2.38 bits per heavy atom.